The Balaban J connectivity index is 1.61. The molecular formula is C18H20N6O. The lowest BCUT2D eigenvalue weighted by Crippen LogP contribution is -2.38. The lowest BCUT2D eigenvalue weighted by atomic mass is 10.2. The van der Waals surface area contributed by atoms with Crippen LogP contribution in [0, 0.1) is 0 Å². The third kappa shape index (κ3) is 4.20. The highest BCUT2D eigenvalue weighted by molar-refractivity contribution is 5.74. The second kappa shape index (κ2) is 7.57. The monoisotopic (exact) mass is 336 g/mol. The Morgan fingerprint density at radius 3 is 2.64 bits per heavy atom. The molecule has 3 aromatic rings. The Labute approximate surface area is 146 Å². The van der Waals surface area contributed by atoms with E-state index in [0.717, 1.165) is 11.3 Å². The highest BCUT2D eigenvalue weighted by Crippen LogP contribution is 2.12. The van der Waals surface area contributed by atoms with Crippen LogP contribution in [0.15, 0.2) is 61.1 Å². The number of carbonyl (C=O) groups is 1. The third-order valence-electron chi connectivity index (χ3n) is 3.83. The number of hydrogen-bond acceptors (Lipinski definition) is 4. The molecule has 2 amide bonds. The van der Waals surface area contributed by atoms with Crippen LogP contribution in [-0.2, 0) is 6.54 Å². The van der Waals surface area contributed by atoms with Crippen LogP contribution in [0.4, 0.5) is 4.79 Å². The van der Waals surface area contributed by atoms with Gasteiger partial charge in [0.25, 0.3) is 0 Å². The number of pyridine rings is 1. The maximum atomic E-state index is 12.4. The van der Waals surface area contributed by atoms with E-state index in [-0.39, 0.29) is 12.1 Å². The molecule has 1 N–H and O–H groups in total. The minimum absolute atomic E-state index is 0.168. The van der Waals surface area contributed by atoms with Crippen LogP contribution in [0.3, 0.4) is 0 Å². The molecule has 7 heteroatoms. The normalized spacial score (nSPS) is 11.8. The van der Waals surface area contributed by atoms with Crippen molar-refractivity contribution in [3.63, 3.8) is 0 Å². The predicted molar refractivity (Wildman–Crippen MR) is 94.0 cm³/mol. The van der Waals surface area contributed by atoms with Crippen molar-refractivity contribution in [1.29, 1.82) is 0 Å². The summed E-state index contributed by atoms with van der Waals surface area (Å²) in [5, 5.41) is 11.2. The lowest BCUT2D eigenvalue weighted by Gasteiger charge is -2.20. The van der Waals surface area contributed by atoms with E-state index in [4.69, 9.17) is 0 Å². The van der Waals surface area contributed by atoms with Crippen LogP contribution >= 0.6 is 0 Å². The summed E-state index contributed by atoms with van der Waals surface area (Å²) in [6.45, 7) is 2.40. The zero-order chi connectivity index (χ0) is 17.6. The Morgan fingerprint density at radius 1 is 1.20 bits per heavy atom. The number of carbonyl (C=O) groups excluding carboxylic acids is 1. The third-order valence-corrected chi connectivity index (χ3v) is 3.83. The molecule has 128 valence electrons. The lowest BCUT2D eigenvalue weighted by molar-refractivity contribution is 0.203. The number of aromatic nitrogens is 4. The Bertz CT molecular complexity index is 818. The van der Waals surface area contributed by atoms with Gasteiger partial charge in [-0.25, -0.2) is 9.48 Å². The average Bonchev–Trinajstić information content (AvgIpc) is 3.13. The van der Waals surface area contributed by atoms with Crippen LogP contribution in [0.2, 0.25) is 0 Å². The minimum Gasteiger partial charge on any atom is -0.330 e. The SMILES string of the molecule is C[C@H](NC(=O)N(C)Cc1ccncc1)c1cn(-c2ccccc2)nn1. The van der Waals surface area contributed by atoms with E-state index < -0.39 is 0 Å². The van der Waals surface area contributed by atoms with E-state index in [1.54, 1.807) is 29.0 Å². The largest absolute Gasteiger partial charge is 0.330 e. The Hall–Kier alpha value is -3.22. The number of para-hydroxylation sites is 1. The van der Waals surface area contributed by atoms with Gasteiger partial charge in [-0.1, -0.05) is 23.4 Å². The highest BCUT2D eigenvalue weighted by Gasteiger charge is 2.16. The summed E-state index contributed by atoms with van der Waals surface area (Å²) < 4.78 is 1.69. The maximum absolute atomic E-state index is 12.4. The first-order valence-electron chi connectivity index (χ1n) is 8.01. The van der Waals surface area contributed by atoms with E-state index in [1.165, 1.54) is 0 Å². The van der Waals surface area contributed by atoms with Crippen molar-refractivity contribution in [2.24, 2.45) is 0 Å². The van der Waals surface area contributed by atoms with Crippen LogP contribution in [0.1, 0.15) is 24.2 Å². The van der Waals surface area contributed by atoms with E-state index in [0.29, 0.717) is 12.2 Å². The Morgan fingerprint density at radius 2 is 1.92 bits per heavy atom. The van der Waals surface area contributed by atoms with Gasteiger partial charge in [0.1, 0.15) is 5.69 Å². The van der Waals surface area contributed by atoms with Gasteiger partial charge in [0.15, 0.2) is 0 Å². The first-order chi connectivity index (χ1) is 12.1. The second-order valence-corrected chi connectivity index (χ2v) is 5.81. The number of nitrogens with zero attached hydrogens (tertiary/aromatic N) is 5. The summed E-state index contributed by atoms with van der Waals surface area (Å²) >= 11 is 0. The van der Waals surface area contributed by atoms with Gasteiger partial charge in [-0.2, -0.15) is 0 Å². The van der Waals surface area contributed by atoms with Gasteiger partial charge >= 0.3 is 6.03 Å². The minimum atomic E-state index is -0.246. The van der Waals surface area contributed by atoms with Crippen molar-refractivity contribution in [2.75, 3.05) is 7.05 Å². The van der Waals surface area contributed by atoms with E-state index in [9.17, 15) is 4.79 Å². The molecule has 0 aliphatic heterocycles. The fraction of sp³-hybridized carbons (Fsp3) is 0.222. The van der Waals surface area contributed by atoms with Crippen LogP contribution < -0.4 is 5.32 Å². The standard InChI is InChI=1S/C18H20N6O/c1-14(17-13-24(22-21-17)16-6-4-3-5-7-16)20-18(25)23(2)12-15-8-10-19-11-9-15/h3-11,13-14H,12H2,1-2H3,(H,20,25)/t14-/m0/s1. The van der Waals surface area contributed by atoms with Gasteiger partial charge in [0, 0.05) is 26.0 Å². The first kappa shape index (κ1) is 16.6. The molecule has 1 aromatic carbocycles. The molecule has 2 heterocycles. The van der Waals surface area contributed by atoms with Crippen LogP contribution in [0.5, 0.6) is 0 Å². The van der Waals surface area contributed by atoms with Crippen molar-refractivity contribution in [3.05, 3.63) is 72.3 Å². The molecule has 7 nitrogen and oxygen atoms in total. The van der Waals surface area contributed by atoms with Gasteiger partial charge in [-0.15, -0.1) is 5.10 Å². The smallest absolute Gasteiger partial charge is 0.317 e. The van der Waals surface area contributed by atoms with Crippen LogP contribution in [0.25, 0.3) is 5.69 Å². The molecule has 0 aliphatic rings. The molecule has 25 heavy (non-hydrogen) atoms. The van der Waals surface area contributed by atoms with Crippen molar-refractivity contribution < 1.29 is 4.79 Å². The van der Waals surface area contributed by atoms with Gasteiger partial charge < -0.3 is 10.2 Å². The van der Waals surface area contributed by atoms with Crippen molar-refractivity contribution in [3.8, 4) is 5.69 Å². The number of benzene rings is 1. The summed E-state index contributed by atoms with van der Waals surface area (Å²) in [6.07, 6.45) is 5.25. The molecule has 0 saturated heterocycles. The number of nitrogens with one attached hydrogen (secondary N) is 1. The van der Waals surface area contributed by atoms with Gasteiger partial charge in [-0.05, 0) is 36.8 Å². The number of urea groups is 1. The molecule has 0 bridgehead atoms. The quantitative estimate of drug-likeness (QED) is 0.777. The summed E-state index contributed by atoms with van der Waals surface area (Å²) in [5.41, 5.74) is 2.65. The number of hydrogen-bond donors (Lipinski definition) is 1. The zero-order valence-corrected chi connectivity index (χ0v) is 14.2. The molecule has 0 radical (unpaired) electrons. The summed E-state index contributed by atoms with van der Waals surface area (Å²) in [6, 6.07) is 13.1. The zero-order valence-electron chi connectivity index (χ0n) is 14.2. The number of amides is 2. The fourth-order valence-electron chi connectivity index (χ4n) is 2.39. The Kier molecular flexibility index (Phi) is 5.03. The second-order valence-electron chi connectivity index (χ2n) is 5.81. The fourth-order valence-corrected chi connectivity index (χ4v) is 2.39. The molecule has 0 aliphatic carbocycles. The average molecular weight is 336 g/mol. The van der Waals surface area contributed by atoms with E-state index in [2.05, 4.69) is 20.6 Å². The summed E-state index contributed by atoms with van der Waals surface area (Å²) in [7, 11) is 1.75. The highest BCUT2D eigenvalue weighted by atomic mass is 16.2. The van der Waals surface area contributed by atoms with Gasteiger partial charge in [0.05, 0.1) is 17.9 Å². The molecule has 0 spiro atoms. The molecule has 1 atom stereocenters. The van der Waals surface area contributed by atoms with E-state index in [1.807, 2.05) is 55.6 Å². The molecule has 3 rings (SSSR count). The number of rotatable bonds is 5. The molecule has 0 saturated carbocycles. The molecular weight excluding hydrogens is 316 g/mol. The van der Waals surface area contributed by atoms with Crippen LogP contribution in [-0.4, -0.2) is 38.0 Å². The first-order valence-corrected chi connectivity index (χ1v) is 8.01. The molecule has 2 aromatic heterocycles. The maximum Gasteiger partial charge on any atom is 0.317 e. The van der Waals surface area contributed by atoms with Gasteiger partial charge in [-0.3, -0.25) is 4.98 Å². The molecule has 0 unspecified atom stereocenters. The molecule has 0 fully saturated rings. The summed E-state index contributed by atoms with van der Waals surface area (Å²) in [4.78, 5) is 17.9. The van der Waals surface area contributed by atoms with Crippen molar-refractivity contribution >= 4 is 6.03 Å². The van der Waals surface area contributed by atoms with Gasteiger partial charge in [0.2, 0.25) is 0 Å². The van der Waals surface area contributed by atoms with Crippen molar-refractivity contribution in [1.82, 2.24) is 30.2 Å². The summed E-state index contributed by atoms with van der Waals surface area (Å²) in [5.74, 6) is 0. The topological polar surface area (TPSA) is 75.9 Å². The predicted octanol–water partition coefficient (Wildman–Crippen LogP) is 2.56. The van der Waals surface area contributed by atoms with Crippen molar-refractivity contribution in [2.45, 2.75) is 19.5 Å². The van der Waals surface area contributed by atoms with E-state index >= 15 is 0 Å².